The Bertz CT molecular complexity index is 2930. The molecule has 1 heterocycles. The molecule has 1 aromatic heterocycles. The Kier molecular flexibility index (Phi) is 8.56. The Labute approximate surface area is 346 Å². The molecule has 0 aliphatic heterocycles. The third-order valence-corrected chi connectivity index (χ3v) is 12.3. The minimum atomic E-state index is -0.528. The number of hydrogen-bond acceptors (Lipinski definition) is 2. The Morgan fingerprint density at radius 1 is 0.424 bits per heavy atom. The van der Waals surface area contributed by atoms with Gasteiger partial charge in [-0.2, -0.15) is 0 Å². The largest absolute Gasteiger partial charge is 0.228 e. The highest BCUT2D eigenvalue weighted by molar-refractivity contribution is 5.97. The summed E-state index contributed by atoms with van der Waals surface area (Å²) in [5.74, 6) is 1.02. The van der Waals surface area contributed by atoms with Gasteiger partial charge in [-0.15, -0.1) is 0 Å². The lowest BCUT2D eigenvalue weighted by molar-refractivity contribution is 0.767. The second kappa shape index (κ2) is 14.5. The van der Waals surface area contributed by atoms with Gasteiger partial charge in [0.1, 0.15) is 0 Å². The molecule has 7 aromatic carbocycles. The molecule has 0 bridgehead atoms. The van der Waals surface area contributed by atoms with E-state index in [1.165, 1.54) is 61.2 Å². The molecule has 0 amide bonds. The zero-order chi connectivity index (χ0) is 39.2. The van der Waals surface area contributed by atoms with Gasteiger partial charge in [0.2, 0.25) is 0 Å². The first-order chi connectivity index (χ1) is 29.3. The summed E-state index contributed by atoms with van der Waals surface area (Å²) in [7, 11) is 0. The predicted molar refractivity (Wildman–Crippen MR) is 244 cm³/mol. The van der Waals surface area contributed by atoms with Crippen LogP contribution < -0.4 is 0 Å². The van der Waals surface area contributed by atoms with Crippen molar-refractivity contribution in [2.75, 3.05) is 0 Å². The van der Waals surface area contributed by atoms with Gasteiger partial charge in [0.15, 0.2) is 5.82 Å². The van der Waals surface area contributed by atoms with Crippen molar-refractivity contribution < 1.29 is 0 Å². The molecule has 0 saturated heterocycles. The predicted octanol–water partition coefficient (Wildman–Crippen LogP) is 14.0. The number of rotatable bonds is 7. The highest BCUT2D eigenvalue weighted by Gasteiger charge is 2.46. The van der Waals surface area contributed by atoms with E-state index in [1.54, 1.807) is 0 Å². The van der Waals surface area contributed by atoms with Crippen molar-refractivity contribution in [3.8, 4) is 56.2 Å². The molecule has 3 aliphatic carbocycles. The van der Waals surface area contributed by atoms with Gasteiger partial charge in [-0.3, -0.25) is 0 Å². The van der Waals surface area contributed by atoms with E-state index < -0.39 is 5.41 Å². The van der Waals surface area contributed by atoms with Gasteiger partial charge in [0.05, 0.1) is 16.8 Å². The molecule has 11 rings (SSSR count). The maximum atomic E-state index is 5.47. The zero-order valence-corrected chi connectivity index (χ0v) is 32.5. The third kappa shape index (κ3) is 5.87. The van der Waals surface area contributed by atoms with Crippen molar-refractivity contribution in [1.29, 1.82) is 0 Å². The molecule has 59 heavy (non-hydrogen) atoms. The van der Waals surface area contributed by atoms with Gasteiger partial charge in [-0.25, -0.2) is 9.97 Å². The summed E-state index contributed by atoms with van der Waals surface area (Å²) >= 11 is 0. The molecule has 1 unspecified atom stereocenters. The summed E-state index contributed by atoms with van der Waals surface area (Å²) in [6.07, 6.45) is 14.7. The van der Waals surface area contributed by atoms with E-state index in [1.807, 2.05) is 6.07 Å². The van der Waals surface area contributed by atoms with Crippen LogP contribution in [-0.4, -0.2) is 9.97 Å². The van der Waals surface area contributed by atoms with Crippen LogP contribution in [0.5, 0.6) is 0 Å². The molecule has 3 aliphatic rings. The van der Waals surface area contributed by atoms with Crippen LogP contribution in [0.3, 0.4) is 0 Å². The first-order valence-electron chi connectivity index (χ1n) is 20.5. The van der Waals surface area contributed by atoms with E-state index in [0.29, 0.717) is 11.7 Å². The molecule has 2 heteroatoms. The summed E-state index contributed by atoms with van der Waals surface area (Å²) in [5.41, 5.74) is 18.0. The summed E-state index contributed by atoms with van der Waals surface area (Å²) in [5, 5.41) is 0. The highest BCUT2D eigenvalue weighted by atomic mass is 14.9. The van der Waals surface area contributed by atoms with Gasteiger partial charge in [0, 0.05) is 22.6 Å². The Balaban J connectivity index is 1.20. The Hall–Kier alpha value is -7.42. The lowest BCUT2D eigenvalue weighted by Gasteiger charge is -2.34. The average molecular weight is 753 g/mol. The van der Waals surface area contributed by atoms with Crippen molar-refractivity contribution in [3.63, 3.8) is 0 Å². The average Bonchev–Trinajstić information content (AvgIpc) is 3.62. The van der Waals surface area contributed by atoms with Crippen LogP contribution in [-0.2, 0) is 5.41 Å². The summed E-state index contributed by atoms with van der Waals surface area (Å²) in [4.78, 5) is 10.7. The quantitative estimate of drug-likeness (QED) is 0.162. The number of allylic oxidation sites excluding steroid dienone is 8. The fraction of sp³-hybridized carbons (Fsp3) is 0.0526. The van der Waals surface area contributed by atoms with Gasteiger partial charge in [-0.05, 0) is 85.8 Å². The van der Waals surface area contributed by atoms with Crippen LogP contribution in [0.4, 0.5) is 0 Å². The number of benzene rings is 7. The van der Waals surface area contributed by atoms with Crippen LogP contribution >= 0.6 is 0 Å². The lowest BCUT2D eigenvalue weighted by Crippen LogP contribution is -2.28. The molecule has 1 atom stereocenters. The smallest absolute Gasteiger partial charge is 0.160 e. The van der Waals surface area contributed by atoms with E-state index in [2.05, 4.69) is 218 Å². The van der Waals surface area contributed by atoms with Crippen molar-refractivity contribution >= 4 is 5.57 Å². The summed E-state index contributed by atoms with van der Waals surface area (Å²) in [6, 6.07) is 67.9. The van der Waals surface area contributed by atoms with Gasteiger partial charge < -0.3 is 0 Å². The second-order valence-corrected chi connectivity index (χ2v) is 15.6. The number of aromatic nitrogens is 2. The molecule has 8 aromatic rings. The molecule has 278 valence electrons. The standard InChI is InChI=1S/C57H40N2/c1-5-18-39(19-6-1)40-32-34-42(35-33-40)54-38-55(59-56(58-54)43-21-7-2-8-22-43)51-36-50-48-29-15-16-31-52(48)57(44-24-9-3-10-25-44,45-26-11-4-12-27-45)53(50)37-49(51)47-30-17-23-41-20-13-14-28-46(41)47/h1-19,21-38,41H,20H2. The minimum absolute atomic E-state index is 0.315. The van der Waals surface area contributed by atoms with Crippen molar-refractivity contribution in [1.82, 2.24) is 9.97 Å². The second-order valence-electron chi connectivity index (χ2n) is 15.6. The van der Waals surface area contributed by atoms with Crippen molar-refractivity contribution in [2.45, 2.75) is 11.8 Å². The molecule has 0 fully saturated rings. The SMILES string of the molecule is C1=CCC2C=CC=C(c3cc4c(cc3-c3cc(-c5ccc(-c6ccccc6)cc5)nc(-c5ccccc5)n3)-c3ccccc3C4(c3ccccc3)c3ccccc3)C2=C1. The fourth-order valence-electron chi connectivity index (χ4n) is 9.58. The lowest BCUT2D eigenvalue weighted by atomic mass is 9.67. The Morgan fingerprint density at radius 2 is 1.02 bits per heavy atom. The van der Waals surface area contributed by atoms with E-state index in [0.717, 1.165) is 34.5 Å². The minimum Gasteiger partial charge on any atom is -0.228 e. The molecular formula is C57H40N2. The fourth-order valence-corrected chi connectivity index (χ4v) is 9.58. The molecule has 0 N–H and O–H groups in total. The normalized spacial score (nSPS) is 15.8. The van der Waals surface area contributed by atoms with E-state index in [9.17, 15) is 0 Å². The molecule has 0 saturated carbocycles. The van der Waals surface area contributed by atoms with Crippen LogP contribution in [0.1, 0.15) is 34.2 Å². The van der Waals surface area contributed by atoms with Crippen LogP contribution in [0.2, 0.25) is 0 Å². The molecule has 0 spiro atoms. The first kappa shape index (κ1) is 34.8. The van der Waals surface area contributed by atoms with E-state index >= 15 is 0 Å². The molecule has 0 radical (unpaired) electrons. The van der Waals surface area contributed by atoms with Crippen molar-refractivity contribution in [2.24, 2.45) is 5.92 Å². The number of nitrogens with zero attached hydrogens (tertiary/aromatic N) is 2. The molecule has 2 nitrogen and oxygen atoms in total. The van der Waals surface area contributed by atoms with Crippen LogP contribution in [0, 0.1) is 5.92 Å². The maximum absolute atomic E-state index is 5.47. The van der Waals surface area contributed by atoms with E-state index in [-0.39, 0.29) is 0 Å². The van der Waals surface area contributed by atoms with E-state index in [4.69, 9.17) is 9.97 Å². The van der Waals surface area contributed by atoms with Gasteiger partial charge in [-0.1, -0.05) is 206 Å². The molecular weight excluding hydrogens is 713 g/mol. The monoisotopic (exact) mass is 752 g/mol. The first-order valence-corrected chi connectivity index (χ1v) is 20.5. The zero-order valence-electron chi connectivity index (χ0n) is 32.5. The topological polar surface area (TPSA) is 25.8 Å². The van der Waals surface area contributed by atoms with Gasteiger partial charge in [0.25, 0.3) is 0 Å². The number of fused-ring (bicyclic) bond motifs is 4. The maximum Gasteiger partial charge on any atom is 0.160 e. The van der Waals surface area contributed by atoms with Crippen LogP contribution in [0.15, 0.2) is 230 Å². The van der Waals surface area contributed by atoms with Crippen LogP contribution in [0.25, 0.3) is 61.7 Å². The number of hydrogen-bond donors (Lipinski definition) is 0. The summed E-state index contributed by atoms with van der Waals surface area (Å²) in [6.45, 7) is 0. The third-order valence-electron chi connectivity index (χ3n) is 12.3. The Morgan fingerprint density at radius 3 is 1.73 bits per heavy atom. The van der Waals surface area contributed by atoms with Crippen molar-refractivity contribution in [3.05, 3.63) is 258 Å². The highest BCUT2D eigenvalue weighted by Crippen LogP contribution is 2.58. The van der Waals surface area contributed by atoms with Gasteiger partial charge >= 0.3 is 0 Å². The summed E-state index contributed by atoms with van der Waals surface area (Å²) < 4.78 is 0.